The van der Waals surface area contributed by atoms with Crippen molar-refractivity contribution in [2.75, 3.05) is 40.4 Å². The highest BCUT2D eigenvalue weighted by Crippen LogP contribution is 2.25. The molecule has 0 aromatic heterocycles. The molecule has 0 bridgehead atoms. The summed E-state index contributed by atoms with van der Waals surface area (Å²) in [6.45, 7) is 6.11. The van der Waals surface area contributed by atoms with E-state index < -0.39 is 0 Å². The van der Waals surface area contributed by atoms with Crippen molar-refractivity contribution in [3.8, 4) is 11.5 Å². The third-order valence-corrected chi connectivity index (χ3v) is 5.18. The van der Waals surface area contributed by atoms with Gasteiger partial charge in [-0.2, -0.15) is 0 Å². The van der Waals surface area contributed by atoms with Crippen molar-refractivity contribution in [3.63, 3.8) is 0 Å². The molecule has 0 amide bonds. The first kappa shape index (κ1) is 18.2. The number of hydrogen-bond donors (Lipinski definition) is 0. The number of methoxy groups -OCH3 is 2. The molecule has 1 heterocycles. The van der Waals surface area contributed by atoms with Crippen LogP contribution in [-0.4, -0.2) is 50.2 Å². The van der Waals surface area contributed by atoms with Crippen LogP contribution in [0.2, 0.25) is 0 Å². The van der Waals surface area contributed by atoms with E-state index >= 15 is 0 Å². The van der Waals surface area contributed by atoms with Gasteiger partial charge in [-0.3, -0.25) is 9.80 Å². The van der Waals surface area contributed by atoms with Gasteiger partial charge in [-0.05, 0) is 24.3 Å². The normalized spacial score (nSPS) is 16.0. The van der Waals surface area contributed by atoms with Crippen molar-refractivity contribution in [1.29, 1.82) is 0 Å². The van der Waals surface area contributed by atoms with Crippen molar-refractivity contribution in [1.82, 2.24) is 9.80 Å². The minimum absolute atomic E-state index is 0.922. The van der Waals surface area contributed by atoms with Gasteiger partial charge >= 0.3 is 0 Å². The highest BCUT2D eigenvalue weighted by atomic mass is 79.9. The Morgan fingerprint density at radius 1 is 0.800 bits per heavy atom. The van der Waals surface area contributed by atoms with E-state index in [1.54, 1.807) is 14.2 Å². The van der Waals surface area contributed by atoms with E-state index in [0.29, 0.717) is 0 Å². The van der Waals surface area contributed by atoms with Crippen LogP contribution >= 0.6 is 15.9 Å². The molecule has 0 N–H and O–H groups in total. The number of para-hydroxylation sites is 1. The lowest BCUT2D eigenvalue weighted by molar-refractivity contribution is 0.120. The molecule has 0 saturated carbocycles. The lowest BCUT2D eigenvalue weighted by Gasteiger charge is -2.35. The molecule has 0 atom stereocenters. The van der Waals surface area contributed by atoms with E-state index in [2.05, 4.69) is 43.9 Å². The topological polar surface area (TPSA) is 24.9 Å². The maximum absolute atomic E-state index is 5.50. The largest absolute Gasteiger partial charge is 0.496 e. The summed E-state index contributed by atoms with van der Waals surface area (Å²) in [6, 6.07) is 14.5. The van der Waals surface area contributed by atoms with Crippen LogP contribution in [0.15, 0.2) is 46.9 Å². The molecule has 0 radical (unpaired) electrons. The van der Waals surface area contributed by atoms with Crippen LogP contribution in [0, 0.1) is 0 Å². The Balaban J connectivity index is 1.56. The van der Waals surface area contributed by atoms with Crippen molar-refractivity contribution in [2.45, 2.75) is 13.1 Å². The predicted molar refractivity (Wildman–Crippen MR) is 104 cm³/mol. The Labute approximate surface area is 158 Å². The molecular weight excluding hydrogens is 380 g/mol. The summed E-state index contributed by atoms with van der Waals surface area (Å²) in [5.74, 6) is 1.93. The van der Waals surface area contributed by atoms with Gasteiger partial charge < -0.3 is 9.47 Å². The number of nitrogens with zero attached hydrogens (tertiary/aromatic N) is 2. The van der Waals surface area contributed by atoms with E-state index in [4.69, 9.17) is 9.47 Å². The highest BCUT2D eigenvalue weighted by molar-refractivity contribution is 9.10. The van der Waals surface area contributed by atoms with E-state index in [-0.39, 0.29) is 0 Å². The summed E-state index contributed by atoms with van der Waals surface area (Å²) in [6.07, 6.45) is 0. The molecule has 1 aliphatic rings. The van der Waals surface area contributed by atoms with Gasteiger partial charge in [0, 0.05) is 54.9 Å². The summed E-state index contributed by atoms with van der Waals surface area (Å²) in [7, 11) is 3.47. The maximum Gasteiger partial charge on any atom is 0.123 e. The van der Waals surface area contributed by atoms with Gasteiger partial charge in [0.15, 0.2) is 0 Å². The van der Waals surface area contributed by atoms with Gasteiger partial charge in [-0.1, -0.05) is 34.1 Å². The molecule has 1 fully saturated rings. The van der Waals surface area contributed by atoms with Gasteiger partial charge in [0.2, 0.25) is 0 Å². The highest BCUT2D eigenvalue weighted by Gasteiger charge is 2.19. The number of ether oxygens (including phenoxy) is 2. The first-order chi connectivity index (χ1) is 12.2. The first-order valence-corrected chi connectivity index (χ1v) is 9.38. The van der Waals surface area contributed by atoms with E-state index in [1.165, 1.54) is 11.1 Å². The van der Waals surface area contributed by atoms with Gasteiger partial charge in [0.25, 0.3) is 0 Å². The molecule has 1 aliphatic heterocycles. The van der Waals surface area contributed by atoms with Crippen LogP contribution in [0.5, 0.6) is 11.5 Å². The van der Waals surface area contributed by atoms with Crippen LogP contribution in [0.3, 0.4) is 0 Å². The summed E-state index contributed by atoms with van der Waals surface area (Å²) in [5, 5.41) is 0. The van der Waals surface area contributed by atoms with Crippen LogP contribution in [0.1, 0.15) is 11.1 Å². The fraction of sp³-hybridized carbons (Fsp3) is 0.400. The van der Waals surface area contributed by atoms with Gasteiger partial charge in [-0.15, -0.1) is 0 Å². The molecule has 134 valence electrons. The molecular formula is C20H25BrN2O2. The monoisotopic (exact) mass is 404 g/mol. The van der Waals surface area contributed by atoms with Crippen molar-refractivity contribution >= 4 is 15.9 Å². The maximum atomic E-state index is 5.50. The fourth-order valence-corrected chi connectivity index (χ4v) is 3.70. The van der Waals surface area contributed by atoms with Crippen LogP contribution < -0.4 is 9.47 Å². The lowest BCUT2D eigenvalue weighted by atomic mass is 10.1. The molecule has 1 saturated heterocycles. The van der Waals surface area contributed by atoms with Gasteiger partial charge in [0.1, 0.15) is 11.5 Å². The Kier molecular flexibility index (Phi) is 6.34. The summed E-state index contributed by atoms with van der Waals surface area (Å²) >= 11 is 3.56. The molecule has 0 spiro atoms. The molecule has 0 unspecified atom stereocenters. The average Bonchev–Trinajstić information content (AvgIpc) is 2.64. The number of benzene rings is 2. The second-order valence-electron chi connectivity index (χ2n) is 6.32. The molecule has 5 heteroatoms. The predicted octanol–water partition coefficient (Wildman–Crippen LogP) is 3.78. The van der Waals surface area contributed by atoms with E-state index in [0.717, 1.165) is 55.2 Å². The number of hydrogen-bond acceptors (Lipinski definition) is 4. The lowest BCUT2D eigenvalue weighted by Crippen LogP contribution is -2.45. The fourth-order valence-electron chi connectivity index (χ4n) is 3.29. The zero-order valence-corrected chi connectivity index (χ0v) is 16.5. The Morgan fingerprint density at radius 3 is 2.00 bits per heavy atom. The summed E-state index contributed by atoms with van der Waals surface area (Å²) in [5.41, 5.74) is 2.49. The van der Waals surface area contributed by atoms with E-state index in [9.17, 15) is 0 Å². The second-order valence-corrected chi connectivity index (χ2v) is 7.24. The first-order valence-electron chi connectivity index (χ1n) is 8.58. The molecule has 2 aromatic carbocycles. The molecule has 2 aromatic rings. The van der Waals surface area contributed by atoms with Crippen LogP contribution in [0.25, 0.3) is 0 Å². The Bertz CT molecular complexity index is 700. The minimum atomic E-state index is 0.922. The standard InChI is InChI=1S/C20H25BrN2O2/c1-24-19-6-4-3-5-16(19)14-22-9-11-23(12-10-22)15-17-13-18(21)7-8-20(17)25-2/h3-8,13H,9-12,14-15H2,1-2H3. The van der Waals surface area contributed by atoms with Crippen molar-refractivity contribution in [2.24, 2.45) is 0 Å². The van der Waals surface area contributed by atoms with Gasteiger partial charge in [0.05, 0.1) is 14.2 Å². The average molecular weight is 405 g/mol. The summed E-state index contributed by atoms with van der Waals surface area (Å²) in [4.78, 5) is 4.98. The molecule has 25 heavy (non-hydrogen) atoms. The zero-order chi connectivity index (χ0) is 17.6. The number of halogens is 1. The number of rotatable bonds is 6. The molecule has 0 aliphatic carbocycles. The second kappa shape index (κ2) is 8.70. The van der Waals surface area contributed by atoms with Crippen LogP contribution in [0.4, 0.5) is 0 Å². The van der Waals surface area contributed by atoms with Crippen molar-refractivity contribution in [3.05, 3.63) is 58.1 Å². The van der Waals surface area contributed by atoms with Gasteiger partial charge in [-0.25, -0.2) is 0 Å². The Hall–Kier alpha value is -1.56. The quantitative estimate of drug-likeness (QED) is 0.730. The zero-order valence-electron chi connectivity index (χ0n) is 14.9. The van der Waals surface area contributed by atoms with Crippen LogP contribution in [-0.2, 0) is 13.1 Å². The Morgan fingerprint density at radius 2 is 1.36 bits per heavy atom. The molecule has 4 nitrogen and oxygen atoms in total. The van der Waals surface area contributed by atoms with Crippen molar-refractivity contribution < 1.29 is 9.47 Å². The van der Waals surface area contributed by atoms with E-state index in [1.807, 2.05) is 24.3 Å². The third-order valence-electron chi connectivity index (χ3n) is 4.69. The number of piperazine rings is 1. The third kappa shape index (κ3) is 4.75. The summed E-state index contributed by atoms with van der Waals surface area (Å²) < 4.78 is 12.1. The molecule has 3 rings (SSSR count). The minimum Gasteiger partial charge on any atom is -0.496 e. The smallest absolute Gasteiger partial charge is 0.123 e. The SMILES string of the molecule is COc1ccccc1CN1CCN(Cc2cc(Br)ccc2OC)CC1.